The van der Waals surface area contributed by atoms with Gasteiger partial charge in [-0.3, -0.25) is 0 Å². The van der Waals surface area contributed by atoms with Crippen molar-refractivity contribution in [2.24, 2.45) is 0 Å². The van der Waals surface area contributed by atoms with Gasteiger partial charge in [-0.25, -0.2) is 9.78 Å². The molecule has 0 amide bonds. The molecule has 0 aliphatic heterocycles. The number of hydrogen-bond donors (Lipinski definition) is 1. The number of aromatic nitrogens is 5. The molecule has 0 fully saturated rings. The molecule has 37 heavy (non-hydrogen) atoms. The Labute approximate surface area is 232 Å². The topological polar surface area (TPSA) is 68.8 Å². The summed E-state index contributed by atoms with van der Waals surface area (Å²) in [5.74, 6) is 1.63. The predicted octanol–water partition coefficient (Wildman–Crippen LogP) is 6.85. The number of hydrogen-bond acceptors (Lipinski definition) is 4. The van der Waals surface area contributed by atoms with Crippen LogP contribution in [0.4, 0.5) is 0 Å². The SMILES string of the molecule is Cc1cc(-c2[c-]c(-c3nncn3-c3c(C(C)C)cccc3C(C)C)ccc2)nn1-c1ccccc1O.[Pt]. The Hall–Kier alpha value is -3.50. The Morgan fingerprint density at radius 2 is 1.49 bits per heavy atom. The van der Waals surface area contributed by atoms with Crippen molar-refractivity contribution in [2.75, 3.05) is 0 Å². The first-order chi connectivity index (χ1) is 17.3. The van der Waals surface area contributed by atoms with E-state index in [-0.39, 0.29) is 26.8 Å². The first-order valence-electron chi connectivity index (χ1n) is 12.3. The van der Waals surface area contributed by atoms with E-state index >= 15 is 0 Å². The molecule has 5 aromatic rings. The van der Waals surface area contributed by atoms with E-state index in [4.69, 9.17) is 5.10 Å². The molecule has 5 rings (SSSR count). The smallest absolute Gasteiger partial charge is 0.141 e. The van der Waals surface area contributed by atoms with Gasteiger partial charge in [0.2, 0.25) is 0 Å². The Morgan fingerprint density at radius 1 is 0.838 bits per heavy atom. The average Bonchev–Trinajstić information content (AvgIpc) is 3.51. The molecule has 1 N–H and O–H groups in total. The fraction of sp³-hybridized carbons (Fsp3) is 0.233. The van der Waals surface area contributed by atoms with E-state index in [1.165, 1.54) is 11.1 Å². The molecule has 0 radical (unpaired) electrons. The zero-order valence-corrected chi connectivity index (χ0v) is 23.9. The van der Waals surface area contributed by atoms with Crippen molar-refractivity contribution in [3.8, 4) is 39.8 Å². The van der Waals surface area contributed by atoms with Crippen LogP contribution in [-0.4, -0.2) is 29.7 Å². The van der Waals surface area contributed by atoms with Gasteiger partial charge in [-0.1, -0.05) is 69.2 Å². The minimum atomic E-state index is 0. The van der Waals surface area contributed by atoms with Crippen LogP contribution in [0, 0.1) is 13.0 Å². The maximum Gasteiger partial charge on any atom is 0.141 e. The number of para-hydroxylation sites is 3. The summed E-state index contributed by atoms with van der Waals surface area (Å²) in [5.41, 5.74) is 7.68. The van der Waals surface area contributed by atoms with Gasteiger partial charge in [0.15, 0.2) is 0 Å². The Kier molecular flexibility index (Phi) is 7.79. The molecule has 0 aliphatic carbocycles. The van der Waals surface area contributed by atoms with Crippen molar-refractivity contribution in [2.45, 2.75) is 46.5 Å². The van der Waals surface area contributed by atoms with Gasteiger partial charge in [-0.05, 0) is 48.1 Å². The zero-order chi connectivity index (χ0) is 25.4. The summed E-state index contributed by atoms with van der Waals surface area (Å²) in [5, 5.41) is 23.9. The molecule has 0 saturated carbocycles. The third-order valence-corrected chi connectivity index (χ3v) is 6.44. The van der Waals surface area contributed by atoms with Crippen LogP contribution in [0.1, 0.15) is 56.4 Å². The van der Waals surface area contributed by atoms with E-state index in [0.29, 0.717) is 17.5 Å². The fourth-order valence-electron chi connectivity index (χ4n) is 4.61. The third-order valence-electron chi connectivity index (χ3n) is 6.44. The van der Waals surface area contributed by atoms with Gasteiger partial charge in [-0.15, -0.1) is 29.4 Å². The van der Waals surface area contributed by atoms with Crippen LogP contribution in [-0.2, 0) is 21.1 Å². The Morgan fingerprint density at radius 3 is 2.16 bits per heavy atom. The summed E-state index contributed by atoms with van der Waals surface area (Å²) in [6.45, 7) is 10.8. The van der Waals surface area contributed by atoms with Crippen LogP contribution in [0.15, 0.2) is 73.1 Å². The monoisotopic (exact) mass is 671 g/mol. The minimum absolute atomic E-state index is 0. The molecule has 0 spiro atoms. The summed E-state index contributed by atoms with van der Waals surface area (Å²) in [6.07, 6.45) is 1.79. The molecule has 6 nitrogen and oxygen atoms in total. The van der Waals surface area contributed by atoms with Gasteiger partial charge in [0, 0.05) is 38.1 Å². The first-order valence-corrected chi connectivity index (χ1v) is 12.3. The van der Waals surface area contributed by atoms with Gasteiger partial charge in [0.05, 0.1) is 0 Å². The first kappa shape index (κ1) is 26.6. The van der Waals surface area contributed by atoms with Gasteiger partial charge in [0.25, 0.3) is 0 Å². The van der Waals surface area contributed by atoms with Crippen LogP contribution >= 0.6 is 0 Å². The van der Waals surface area contributed by atoms with E-state index in [1.807, 2.05) is 43.3 Å². The number of aromatic hydroxyl groups is 1. The Bertz CT molecular complexity index is 1510. The number of aryl methyl sites for hydroxylation is 1. The maximum atomic E-state index is 10.3. The van der Waals surface area contributed by atoms with Crippen LogP contribution < -0.4 is 0 Å². The molecule has 0 atom stereocenters. The van der Waals surface area contributed by atoms with Crippen molar-refractivity contribution in [3.05, 3.63) is 95.9 Å². The quantitative estimate of drug-likeness (QED) is 0.201. The number of benzene rings is 3. The molecule has 2 heterocycles. The van der Waals surface area contributed by atoms with Crippen molar-refractivity contribution in [3.63, 3.8) is 0 Å². The van der Waals surface area contributed by atoms with E-state index < -0.39 is 0 Å². The third kappa shape index (κ3) is 5.03. The summed E-state index contributed by atoms with van der Waals surface area (Å²) in [4.78, 5) is 0. The predicted molar refractivity (Wildman–Crippen MR) is 143 cm³/mol. The maximum absolute atomic E-state index is 10.3. The minimum Gasteiger partial charge on any atom is -0.506 e. The number of phenolic OH excluding ortho intramolecular Hbond substituents is 1. The van der Waals surface area contributed by atoms with Crippen LogP contribution in [0.25, 0.3) is 34.0 Å². The number of nitrogens with zero attached hydrogens (tertiary/aromatic N) is 5. The molecule has 0 saturated heterocycles. The van der Waals surface area contributed by atoms with Gasteiger partial charge >= 0.3 is 0 Å². The van der Waals surface area contributed by atoms with Gasteiger partial charge in [-0.2, -0.15) is 5.10 Å². The fourth-order valence-corrected chi connectivity index (χ4v) is 4.61. The molecular weight excluding hydrogens is 641 g/mol. The van der Waals surface area contributed by atoms with Crippen molar-refractivity contribution in [1.82, 2.24) is 24.5 Å². The van der Waals surface area contributed by atoms with Gasteiger partial charge in [0.1, 0.15) is 23.6 Å². The molecular formula is C30H30N5OPt-. The molecule has 2 aromatic heterocycles. The molecule has 0 unspecified atom stereocenters. The summed E-state index contributed by atoms with van der Waals surface area (Å²) in [7, 11) is 0. The van der Waals surface area contributed by atoms with Crippen LogP contribution in [0.5, 0.6) is 5.75 Å². The largest absolute Gasteiger partial charge is 0.506 e. The Balaban J connectivity index is 0.00000320. The average molecular weight is 672 g/mol. The normalized spacial score (nSPS) is 11.2. The molecule has 7 heteroatoms. The summed E-state index contributed by atoms with van der Waals surface area (Å²) >= 11 is 0. The molecule has 192 valence electrons. The van der Waals surface area contributed by atoms with Gasteiger partial charge < -0.3 is 9.67 Å². The van der Waals surface area contributed by atoms with E-state index in [1.54, 1.807) is 23.1 Å². The molecule has 0 aliphatic rings. The second-order valence-electron chi connectivity index (χ2n) is 9.67. The molecule has 0 bridgehead atoms. The summed E-state index contributed by atoms with van der Waals surface area (Å²) < 4.78 is 3.84. The second kappa shape index (κ2) is 10.9. The van der Waals surface area contributed by atoms with E-state index in [2.05, 4.69) is 66.7 Å². The van der Waals surface area contributed by atoms with Crippen molar-refractivity contribution >= 4 is 0 Å². The second-order valence-corrected chi connectivity index (χ2v) is 9.67. The van der Waals surface area contributed by atoms with Crippen LogP contribution in [0.2, 0.25) is 0 Å². The van der Waals surface area contributed by atoms with E-state index in [0.717, 1.165) is 34.0 Å². The van der Waals surface area contributed by atoms with E-state index in [9.17, 15) is 5.11 Å². The standard InChI is InChI=1S/C30H30N5O.Pt/c1-19(2)24-12-9-13-25(20(3)4)29(24)34-18-31-32-30(34)23-11-8-10-22(17-23)26-16-21(5)35(33-26)27-14-6-7-15-28(27)36;/h6-16,18-20,36H,1-5H3;/q-1;. The molecule has 3 aromatic carbocycles. The van der Waals surface area contributed by atoms with Crippen molar-refractivity contribution in [1.29, 1.82) is 0 Å². The zero-order valence-electron chi connectivity index (χ0n) is 21.6. The van der Waals surface area contributed by atoms with Crippen molar-refractivity contribution < 1.29 is 26.2 Å². The number of rotatable bonds is 6. The van der Waals surface area contributed by atoms with Crippen LogP contribution in [0.3, 0.4) is 0 Å². The summed E-state index contributed by atoms with van der Waals surface area (Å²) in [6, 6.07) is 25.2. The number of phenols is 1.